The van der Waals surface area contributed by atoms with Crippen molar-refractivity contribution >= 4 is 23.4 Å². The van der Waals surface area contributed by atoms with Crippen molar-refractivity contribution in [3.05, 3.63) is 52.7 Å². The fraction of sp³-hybridized carbons (Fsp3) is 0.450. The van der Waals surface area contributed by atoms with Crippen molar-refractivity contribution in [3.63, 3.8) is 0 Å². The van der Waals surface area contributed by atoms with E-state index in [4.69, 9.17) is 16.0 Å². The molecule has 6 nitrogen and oxygen atoms in total. The molecule has 7 heteroatoms. The maximum absolute atomic E-state index is 12.7. The van der Waals surface area contributed by atoms with E-state index >= 15 is 0 Å². The lowest BCUT2D eigenvalue weighted by molar-refractivity contribution is -0.139. The number of amides is 2. The third kappa shape index (κ3) is 4.00. The largest absolute Gasteiger partial charge is 0.443 e. The van der Waals surface area contributed by atoms with Crippen molar-refractivity contribution in [1.82, 2.24) is 14.8 Å². The van der Waals surface area contributed by atoms with Crippen molar-refractivity contribution in [2.24, 2.45) is 0 Å². The monoisotopic (exact) mass is 387 g/mol. The number of likely N-dealkylation sites (tertiary alicyclic amines) is 2. The molecule has 0 bridgehead atoms. The number of carbonyl (C=O) groups is 2. The Morgan fingerprint density at radius 1 is 1.22 bits per heavy atom. The zero-order valence-electron chi connectivity index (χ0n) is 15.1. The molecule has 0 aliphatic carbocycles. The number of hydrogen-bond acceptors (Lipinski definition) is 4. The van der Waals surface area contributed by atoms with Gasteiger partial charge in [-0.1, -0.05) is 23.7 Å². The van der Waals surface area contributed by atoms with Crippen LogP contribution in [0.2, 0.25) is 5.02 Å². The van der Waals surface area contributed by atoms with Gasteiger partial charge in [-0.25, -0.2) is 4.98 Å². The fourth-order valence-electron chi connectivity index (χ4n) is 3.81. The van der Waals surface area contributed by atoms with Crippen LogP contribution in [0, 0.1) is 0 Å². The Morgan fingerprint density at radius 2 is 2.04 bits per heavy atom. The summed E-state index contributed by atoms with van der Waals surface area (Å²) in [5.74, 6) is 1.39. The van der Waals surface area contributed by atoms with Gasteiger partial charge in [0.05, 0.1) is 12.7 Å². The van der Waals surface area contributed by atoms with Crippen LogP contribution in [-0.2, 0) is 16.0 Å². The summed E-state index contributed by atoms with van der Waals surface area (Å²) < 4.78 is 5.95. The Balaban J connectivity index is 1.42. The van der Waals surface area contributed by atoms with Gasteiger partial charge in [0.15, 0.2) is 0 Å². The quantitative estimate of drug-likeness (QED) is 0.790. The molecule has 0 radical (unpaired) electrons. The predicted molar refractivity (Wildman–Crippen MR) is 100 cm³/mol. The third-order valence-electron chi connectivity index (χ3n) is 5.22. The lowest BCUT2D eigenvalue weighted by Gasteiger charge is -2.25. The van der Waals surface area contributed by atoms with Crippen LogP contribution in [0.5, 0.6) is 0 Å². The smallest absolute Gasteiger partial charge is 0.242 e. The van der Waals surface area contributed by atoms with Crippen molar-refractivity contribution in [2.75, 3.05) is 19.6 Å². The number of benzene rings is 1. The molecular weight excluding hydrogens is 366 g/mol. The number of carbonyl (C=O) groups excluding carboxylic acids is 2. The molecule has 0 N–H and O–H groups in total. The number of hydrogen-bond donors (Lipinski definition) is 0. The molecule has 1 aromatic carbocycles. The van der Waals surface area contributed by atoms with E-state index in [0.717, 1.165) is 30.6 Å². The fourth-order valence-corrected chi connectivity index (χ4v) is 3.94. The van der Waals surface area contributed by atoms with Crippen LogP contribution in [0.1, 0.15) is 48.9 Å². The molecule has 0 saturated carbocycles. The summed E-state index contributed by atoms with van der Waals surface area (Å²) in [6.07, 6.45) is 5.50. The molecule has 3 heterocycles. The zero-order chi connectivity index (χ0) is 18.8. The summed E-state index contributed by atoms with van der Waals surface area (Å²) in [6, 6.07) is 7.48. The Hall–Kier alpha value is -2.34. The average molecular weight is 388 g/mol. The van der Waals surface area contributed by atoms with E-state index < -0.39 is 0 Å². The Labute approximate surface area is 163 Å². The van der Waals surface area contributed by atoms with E-state index in [1.807, 2.05) is 29.2 Å². The molecular formula is C20H22ClN3O3. The van der Waals surface area contributed by atoms with Crippen LogP contribution in [0.15, 0.2) is 34.9 Å². The van der Waals surface area contributed by atoms with Crippen LogP contribution in [0.3, 0.4) is 0 Å². The molecule has 2 amide bonds. The van der Waals surface area contributed by atoms with Crippen LogP contribution >= 0.6 is 11.6 Å². The summed E-state index contributed by atoms with van der Waals surface area (Å²) >= 11 is 5.92. The van der Waals surface area contributed by atoms with Crippen LogP contribution < -0.4 is 0 Å². The predicted octanol–water partition coefficient (Wildman–Crippen LogP) is 3.20. The van der Waals surface area contributed by atoms with Gasteiger partial charge in [0.2, 0.25) is 17.7 Å². The zero-order valence-corrected chi connectivity index (χ0v) is 15.8. The summed E-state index contributed by atoms with van der Waals surface area (Å²) in [5, 5.41) is 0.702. The van der Waals surface area contributed by atoms with Gasteiger partial charge in [-0.15, -0.1) is 0 Å². The van der Waals surface area contributed by atoms with E-state index in [-0.39, 0.29) is 24.4 Å². The highest BCUT2D eigenvalue weighted by Gasteiger charge is 2.35. The minimum atomic E-state index is -0.144. The average Bonchev–Trinajstić information content (AvgIpc) is 3.38. The maximum Gasteiger partial charge on any atom is 0.242 e. The Morgan fingerprint density at radius 3 is 2.78 bits per heavy atom. The van der Waals surface area contributed by atoms with Gasteiger partial charge < -0.3 is 14.2 Å². The van der Waals surface area contributed by atoms with Crippen molar-refractivity contribution in [3.8, 4) is 0 Å². The van der Waals surface area contributed by atoms with Crippen LogP contribution in [-0.4, -0.2) is 46.2 Å². The Kier molecular flexibility index (Phi) is 5.16. The SMILES string of the molecule is O=C1CCCN1CC(=O)N1CCC[C@H]1c1ncc(Cc2ccc(Cl)cc2)o1. The second-order valence-electron chi connectivity index (χ2n) is 7.13. The maximum atomic E-state index is 12.7. The third-order valence-corrected chi connectivity index (χ3v) is 5.47. The summed E-state index contributed by atoms with van der Waals surface area (Å²) in [6.45, 7) is 1.52. The highest BCUT2D eigenvalue weighted by atomic mass is 35.5. The van der Waals surface area contributed by atoms with Gasteiger partial charge in [0.1, 0.15) is 11.8 Å². The minimum absolute atomic E-state index is 0.0230. The lowest BCUT2D eigenvalue weighted by atomic mass is 10.1. The number of oxazole rings is 1. The first-order chi connectivity index (χ1) is 13.1. The molecule has 2 fully saturated rings. The van der Waals surface area contributed by atoms with Crippen molar-refractivity contribution in [1.29, 1.82) is 0 Å². The van der Waals surface area contributed by atoms with E-state index in [0.29, 0.717) is 36.8 Å². The van der Waals surface area contributed by atoms with E-state index in [9.17, 15) is 9.59 Å². The molecule has 4 rings (SSSR count). The topological polar surface area (TPSA) is 66.7 Å². The molecule has 2 aliphatic heterocycles. The second kappa shape index (κ2) is 7.72. The number of aromatic nitrogens is 1. The van der Waals surface area contributed by atoms with Crippen molar-refractivity contribution < 1.29 is 14.0 Å². The molecule has 0 unspecified atom stereocenters. The van der Waals surface area contributed by atoms with Gasteiger partial charge in [-0.2, -0.15) is 0 Å². The molecule has 2 aliphatic rings. The lowest BCUT2D eigenvalue weighted by Crippen LogP contribution is -2.40. The first-order valence-electron chi connectivity index (χ1n) is 9.36. The van der Waals surface area contributed by atoms with E-state index in [2.05, 4.69) is 4.98 Å². The number of nitrogens with zero attached hydrogens (tertiary/aromatic N) is 3. The van der Waals surface area contributed by atoms with Gasteiger partial charge in [-0.05, 0) is 37.0 Å². The minimum Gasteiger partial charge on any atom is -0.443 e. The van der Waals surface area contributed by atoms with Gasteiger partial charge in [0, 0.05) is 31.0 Å². The van der Waals surface area contributed by atoms with Gasteiger partial charge in [0.25, 0.3) is 0 Å². The number of rotatable bonds is 5. The highest BCUT2D eigenvalue weighted by molar-refractivity contribution is 6.30. The van der Waals surface area contributed by atoms with Crippen LogP contribution in [0.4, 0.5) is 0 Å². The summed E-state index contributed by atoms with van der Waals surface area (Å²) in [4.78, 5) is 32.4. The molecule has 2 aromatic rings. The summed E-state index contributed by atoms with van der Waals surface area (Å²) in [5.41, 5.74) is 1.09. The first kappa shape index (κ1) is 18.0. The molecule has 0 spiro atoms. The summed E-state index contributed by atoms with van der Waals surface area (Å²) in [7, 11) is 0. The first-order valence-corrected chi connectivity index (χ1v) is 9.74. The standard InChI is InChI=1S/C20H22ClN3O3/c21-15-7-5-14(6-8-15)11-16-12-22-20(27-16)17-3-1-10-24(17)19(26)13-23-9-2-4-18(23)25/h5-8,12,17H,1-4,9-11,13H2/t17-/m0/s1. The van der Waals surface area contributed by atoms with Gasteiger partial charge >= 0.3 is 0 Å². The van der Waals surface area contributed by atoms with Gasteiger partial charge in [-0.3, -0.25) is 9.59 Å². The molecule has 142 valence electrons. The van der Waals surface area contributed by atoms with E-state index in [1.165, 1.54) is 0 Å². The number of halogens is 1. The van der Waals surface area contributed by atoms with Crippen LogP contribution in [0.25, 0.3) is 0 Å². The Bertz CT molecular complexity index is 833. The molecule has 2 saturated heterocycles. The highest BCUT2D eigenvalue weighted by Crippen LogP contribution is 2.32. The molecule has 1 aromatic heterocycles. The van der Waals surface area contributed by atoms with E-state index in [1.54, 1.807) is 11.1 Å². The molecule has 27 heavy (non-hydrogen) atoms. The second-order valence-corrected chi connectivity index (χ2v) is 7.57. The van der Waals surface area contributed by atoms with Crippen molar-refractivity contribution in [2.45, 2.75) is 38.1 Å². The molecule has 1 atom stereocenters. The normalized spacial score (nSPS) is 19.9.